The molecule has 0 aliphatic heterocycles. The third-order valence-electron chi connectivity index (χ3n) is 4.42. The molecule has 0 atom stereocenters. The highest BCUT2D eigenvalue weighted by Crippen LogP contribution is 2.28. The van der Waals surface area contributed by atoms with Gasteiger partial charge in [-0.25, -0.2) is 0 Å². The van der Waals surface area contributed by atoms with Crippen LogP contribution >= 0.6 is 23.4 Å². The monoisotopic (exact) mass is 440 g/mol. The Balaban J connectivity index is 2.04. The number of aromatic nitrogens is 3. The van der Waals surface area contributed by atoms with E-state index in [1.165, 1.54) is 11.8 Å². The number of methoxy groups -OCH3 is 1. The summed E-state index contributed by atoms with van der Waals surface area (Å²) >= 11 is 7.56. The van der Waals surface area contributed by atoms with Crippen molar-refractivity contribution in [3.8, 4) is 5.75 Å². The van der Waals surface area contributed by atoms with Crippen molar-refractivity contribution in [2.75, 3.05) is 26.0 Å². The highest BCUT2D eigenvalue weighted by atomic mass is 35.5. The predicted octanol–water partition coefficient (Wildman–Crippen LogP) is 4.12. The predicted molar refractivity (Wildman–Crippen MR) is 116 cm³/mol. The Hall–Kier alpha value is -1.77. The van der Waals surface area contributed by atoms with E-state index in [1.54, 1.807) is 13.2 Å². The molecule has 0 fully saturated rings. The number of carbonyl (C=O) groups excluding carboxylic acids is 1. The van der Waals surface area contributed by atoms with Crippen LogP contribution in [-0.2, 0) is 16.1 Å². The second-order valence-electron chi connectivity index (χ2n) is 6.44. The molecule has 0 spiro atoms. The molecule has 0 saturated heterocycles. The molecule has 0 bridgehead atoms. The second kappa shape index (κ2) is 12.7. The molecule has 0 aliphatic carbocycles. The minimum Gasteiger partial charge on any atom is -0.484 e. The van der Waals surface area contributed by atoms with Crippen molar-refractivity contribution in [1.29, 1.82) is 0 Å². The fourth-order valence-electron chi connectivity index (χ4n) is 2.85. The van der Waals surface area contributed by atoms with Crippen LogP contribution in [0.15, 0.2) is 29.4 Å². The molecule has 1 amide bonds. The van der Waals surface area contributed by atoms with E-state index in [1.807, 2.05) is 18.2 Å². The molecule has 9 heteroatoms. The van der Waals surface area contributed by atoms with E-state index >= 15 is 0 Å². The molecule has 0 radical (unpaired) electrons. The van der Waals surface area contributed by atoms with Gasteiger partial charge >= 0.3 is 0 Å². The molecule has 0 aliphatic rings. The lowest BCUT2D eigenvalue weighted by Gasteiger charge is -2.19. The standard InChI is InChI=1S/C20H29ClN4O3S/c1-4-15(5-2)25-18(13-28-17-10-7-6-9-16(17)21)23-24-20(25)29-14-19(26)22-11-8-12-27-3/h6-7,9-10,15H,4-5,8,11-14H2,1-3H3,(H,22,26). The molecule has 7 nitrogen and oxygen atoms in total. The Bertz CT molecular complexity index is 768. The van der Waals surface area contributed by atoms with Gasteiger partial charge in [0.25, 0.3) is 0 Å². The third kappa shape index (κ3) is 7.21. The smallest absolute Gasteiger partial charge is 0.230 e. The van der Waals surface area contributed by atoms with E-state index in [9.17, 15) is 4.79 Å². The lowest BCUT2D eigenvalue weighted by Crippen LogP contribution is -2.27. The first kappa shape index (κ1) is 23.5. The molecule has 0 saturated carbocycles. The number of halogens is 1. The average molecular weight is 441 g/mol. The molecule has 1 N–H and O–H groups in total. The molecule has 160 valence electrons. The minimum absolute atomic E-state index is 0.0286. The first-order chi connectivity index (χ1) is 14.1. The molecule has 1 heterocycles. The summed E-state index contributed by atoms with van der Waals surface area (Å²) in [6.45, 7) is 5.75. The zero-order valence-electron chi connectivity index (χ0n) is 17.2. The number of nitrogens with one attached hydrogen (secondary N) is 1. The number of nitrogens with zero attached hydrogens (tertiary/aromatic N) is 3. The van der Waals surface area contributed by atoms with E-state index in [0.717, 1.165) is 30.2 Å². The zero-order valence-corrected chi connectivity index (χ0v) is 18.8. The van der Waals surface area contributed by atoms with Gasteiger partial charge in [-0.05, 0) is 31.4 Å². The zero-order chi connectivity index (χ0) is 21.1. The van der Waals surface area contributed by atoms with Crippen LogP contribution < -0.4 is 10.1 Å². The van der Waals surface area contributed by atoms with Crippen LogP contribution in [0.3, 0.4) is 0 Å². The maximum atomic E-state index is 12.1. The van der Waals surface area contributed by atoms with Gasteiger partial charge in [-0.3, -0.25) is 4.79 Å². The molecular formula is C20H29ClN4O3S. The second-order valence-corrected chi connectivity index (χ2v) is 7.79. The van der Waals surface area contributed by atoms with Crippen molar-refractivity contribution in [3.63, 3.8) is 0 Å². The largest absolute Gasteiger partial charge is 0.484 e. The van der Waals surface area contributed by atoms with Crippen LogP contribution in [0.25, 0.3) is 0 Å². The summed E-state index contributed by atoms with van der Waals surface area (Å²) in [4.78, 5) is 12.1. The molecular weight excluding hydrogens is 412 g/mol. The summed E-state index contributed by atoms with van der Waals surface area (Å²) in [7, 11) is 1.65. The number of para-hydroxylation sites is 1. The number of benzene rings is 1. The summed E-state index contributed by atoms with van der Waals surface area (Å²) in [5.41, 5.74) is 0. The van der Waals surface area contributed by atoms with E-state index in [2.05, 4.69) is 33.9 Å². The maximum absolute atomic E-state index is 12.1. The number of amides is 1. The Labute approximate surface area is 181 Å². The van der Waals surface area contributed by atoms with Crippen molar-refractivity contribution in [1.82, 2.24) is 20.1 Å². The number of hydrogen-bond acceptors (Lipinski definition) is 6. The average Bonchev–Trinajstić information content (AvgIpc) is 3.13. The van der Waals surface area contributed by atoms with Crippen molar-refractivity contribution >= 4 is 29.3 Å². The van der Waals surface area contributed by atoms with Gasteiger partial charge in [0.05, 0.1) is 10.8 Å². The lowest BCUT2D eigenvalue weighted by atomic mass is 10.2. The molecule has 2 rings (SSSR count). The SMILES string of the molecule is CCC(CC)n1c(COc2ccccc2Cl)nnc1SCC(=O)NCCCOC. The molecule has 1 aromatic heterocycles. The van der Waals surface area contributed by atoms with Crippen LogP contribution in [0.4, 0.5) is 0 Å². The maximum Gasteiger partial charge on any atom is 0.230 e. The summed E-state index contributed by atoms with van der Waals surface area (Å²) < 4.78 is 12.9. The molecule has 1 aromatic carbocycles. The molecule has 29 heavy (non-hydrogen) atoms. The molecule has 2 aromatic rings. The topological polar surface area (TPSA) is 78.3 Å². The van der Waals surface area contributed by atoms with Crippen LogP contribution in [0.5, 0.6) is 5.75 Å². The van der Waals surface area contributed by atoms with Crippen LogP contribution in [0, 0.1) is 0 Å². The fourth-order valence-corrected chi connectivity index (χ4v) is 3.90. The van der Waals surface area contributed by atoms with E-state index in [0.29, 0.717) is 23.9 Å². The van der Waals surface area contributed by atoms with Crippen molar-refractivity contribution < 1.29 is 14.3 Å². The number of thioether (sulfide) groups is 1. The van der Waals surface area contributed by atoms with Crippen molar-refractivity contribution in [3.05, 3.63) is 35.1 Å². The summed E-state index contributed by atoms with van der Waals surface area (Å²) in [5.74, 6) is 1.59. The quantitative estimate of drug-likeness (QED) is 0.373. The Morgan fingerprint density at radius 1 is 1.28 bits per heavy atom. The Kier molecular flexibility index (Phi) is 10.3. The minimum atomic E-state index is -0.0286. The number of rotatable bonds is 13. The van der Waals surface area contributed by atoms with Gasteiger partial charge in [0.15, 0.2) is 11.0 Å². The highest BCUT2D eigenvalue weighted by molar-refractivity contribution is 7.99. The van der Waals surface area contributed by atoms with E-state index in [4.69, 9.17) is 21.1 Å². The Morgan fingerprint density at radius 2 is 2.03 bits per heavy atom. The first-order valence-electron chi connectivity index (χ1n) is 9.80. The molecule has 0 unspecified atom stereocenters. The normalized spacial score (nSPS) is 11.1. The van der Waals surface area contributed by atoms with Gasteiger partial charge in [-0.1, -0.05) is 49.3 Å². The number of carbonyl (C=O) groups is 1. The third-order valence-corrected chi connectivity index (χ3v) is 5.67. The summed E-state index contributed by atoms with van der Waals surface area (Å²) in [6, 6.07) is 7.58. The first-order valence-corrected chi connectivity index (χ1v) is 11.2. The van der Waals surface area contributed by atoms with E-state index < -0.39 is 0 Å². The van der Waals surface area contributed by atoms with Crippen LogP contribution in [0.1, 0.15) is 45.0 Å². The van der Waals surface area contributed by atoms with Gasteiger partial charge in [-0.2, -0.15) is 0 Å². The number of ether oxygens (including phenoxy) is 2. The number of hydrogen-bond donors (Lipinski definition) is 1. The summed E-state index contributed by atoms with van der Waals surface area (Å²) in [6.07, 6.45) is 2.66. The fraction of sp³-hybridized carbons (Fsp3) is 0.550. The van der Waals surface area contributed by atoms with E-state index in [-0.39, 0.29) is 24.3 Å². The van der Waals surface area contributed by atoms with Crippen LogP contribution in [0.2, 0.25) is 5.02 Å². The highest BCUT2D eigenvalue weighted by Gasteiger charge is 2.20. The van der Waals surface area contributed by atoms with Gasteiger partial charge in [0.2, 0.25) is 5.91 Å². The van der Waals surface area contributed by atoms with Gasteiger partial charge in [0, 0.05) is 26.3 Å². The van der Waals surface area contributed by atoms with Gasteiger partial charge in [0.1, 0.15) is 12.4 Å². The van der Waals surface area contributed by atoms with Gasteiger partial charge < -0.3 is 19.4 Å². The Morgan fingerprint density at radius 3 is 2.72 bits per heavy atom. The van der Waals surface area contributed by atoms with Crippen LogP contribution in [-0.4, -0.2) is 46.7 Å². The lowest BCUT2D eigenvalue weighted by molar-refractivity contribution is -0.118. The van der Waals surface area contributed by atoms with Crippen molar-refractivity contribution in [2.24, 2.45) is 0 Å². The van der Waals surface area contributed by atoms with Crippen molar-refractivity contribution in [2.45, 2.75) is 50.9 Å². The summed E-state index contributed by atoms with van der Waals surface area (Å²) in [5, 5.41) is 12.8. The van der Waals surface area contributed by atoms with Gasteiger partial charge in [-0.15, -0.1) is 10.2 Å².